The minimum atomic E-state index is -0.886. The molecule has 0 saturated carbocycles. The predicted molar refractivity (Wildman–Crippen MR) is 76.1 cm³/mol. The SMILES string of the molecule is CCN(CC(=O)NC(C)C)CC(=O)c1c(F)cccc1F. The van der Waals surface area contributed by atoms with Gasteiger partial charge in [-0.1, -0.05) is 13.0 Å². The van der Waals surface area contributed by atoms with Gasteiger partial charge in [-0.05, 0) is 32.5 Å². The number of nitrogens with zero attached hydrogens (tertiary/aromatic N) is 1. The zero-order chi connectivity index (χ0) is 16.0. The predicted octanol–water partition coefficient (Wildman–Crippen LogP) is 1.99. The van der Waals surface area contributed by atoms with E-state index >= 15 is 0 Å². The van der Waals surface area contributed by atoms with Crippen molar-refractivity contribution < 1.29 is 18.4 Å². The van der Waals surface area contributed by atoms with Crippen molar-refractivity contribution in [2.24, 2.45) is 0 Å². The summed E-state index contributed by atoms with van der Waals surface area (Å²) < 4.78 is 27.1. The van der Waals surface area contributed by atoms with Gasteiger partial charge in [-0.25, -0.2) is 8.78 Å². The fourth-order valence-corrected chi connectivity index (χ4v) is 1.90. The molecule has 6 heteroatoms. The third-order valence-electron chi connectivity index (χ3n) is 2.87. The second-order valence-corrected chi connectivity index (χ2v) is 5.05. The van der Waals surface area contributed by atoms with Crippen molar-refractivity contribution in [3.8, 4) is 0 Å². The fourth-order valence-electron chi connectivity index (χ4n) is 1.90. The number of carbonyl (C=O) groups excluding carboxylic acids is 2. The first-order valence-corrected chi connectivity index (χ1v) is 6.84. The molecule has 0 atom stereocenters. The number of Topliss-reactive ketones (excluding diaryl/α,β-unsaturated/α-hetero) is 1. The minimum absolute atomic E-state index is 0.00378. The lowest BCUT2D eigenvalue weighted by Gasteiger charge is -2.20. The number of halogens is 2. The molecule has 21 heavy (non-hydrogen) atoms. The average Bonchev–Trinajstić information content (AvgIpc) is 2.36. The second-order valence-electron chi connectivity index (χ2n) is 5.05. The highest BCUT2D eigenvalue weighted by atomic mass is 19.1. The van der Waals surface area contributed by atoms with Gasteiger partial charge < -0.3 is 5.32 Å². The summed E-state index contributed by atoms with van der Waals surface area (Å²) in [6.07, 6.45) is 0. The molecule has 0 aromatic heterocycles. The third-order valence-corrected chi connectivity index (χ3v) is 2.87. The Hall–Kier alpha value is -1.82. The van der Waals surface area contributed by atoms with Crippen LogP contribution >= 0.6 is 0 Å². The van der Waals surface area contributed by atoms with Gasteiger partial charge in [0, 0.05) is 6.04 Å². The molecule has 0 aliphatic heterocycles. The number of likely N-dealkylation sites (N-methyl/N-ethyl adjacent to an activating group) is 1. The van der Waals surface area contributed by atoms with E-state index in [1.54, 1.807) is 6.92 Å². The topological polar surface area (TPSA) is 49.4 Å². The normalized spacial score (nSPS) is 11.0. The second kappa shape index (κ2) is 7.83. The molecule has 116 valence electrons. The van der Waals surface area contributed by atoms with Crippen LogP contribution in [0.25, 0.3) is 0 Å². The summed E-state index contributed by atoms with van der Waals surface area (Å²) in [5.41, 5.74) is -0.555. The van der Waals surface area contributed by atoms with Crippen LogP contribution in [-0.4, -0.2) is 42.3 Å². The lowest BCUT2D eigenvalue weighted by Crippen LogP contribution is -2.42. The van der Waals surface area contributed by atoms with Crippen LogP contribution in [0.15, 0.2) is 18.2 Å². The first-order chi connectivity index (χ1) is 9.85. The van der Waals surface area contributed by atoms with E-state index < -0.39 is 23.0 Å². The first-order valence-electron chi connectivity index (χ1n) is 6.84. The maximum absolute atomic E-state index is 13.5. The van der Waals surface area contributed by atoms with Crippen molar-refractivity contribution in [3.05, 3.63) is 35.4 Å². The van der Waals surface area contributed by atoms with Gasteiger partial charge in [0.05, 0.1) is 18.7 Å². The standard InChI is InChI=1S/C15H20F2N2O2/c1-4-19(9-14(21)18-10(2)3)8-13(20)15-11(16)6-5-7-12(15)17/h5-7,10H,4,8-9H2,1-3H3,(H,18,21). The molecule has 1 aromatic rings. The Morgan fingerprint density at radius 1 is 1.19 bits per heavy atom. The molecule has 1 amide bonds. The highest BCUT2D eigenvalue weighted by Crippen LogP contribution is 2.13. The molecule has 1 aromatic carbocycles. The summed E-state index contributed by atoms with van der Waals surface area (Å²) in [5, 5.41) is 2.70. The number of hydrogen-bond acceptors (Lipinski definition) is 3. The summed E-state index contributed by atoms with van der Waals surface area (Å²) in [6.45, 7) is 5.65. The van der Waals surface area contributed by atoms with Crippen LogP contribution in [0.5, 0.6) is 0 Å². The van der Waals surface area contributed by atoms with Crippen molar-refractivity contribution in [1.29, 1.82) is 0 Å². The Kier molecular flexibility index (Phi) is 6.42. The zero-order valence-electron chi connectivity index (χ0n) is 12.5. The molecule has 0 unspecified atom stereocenters. The van der Waals surface area contributed by atoms with Crippen molar-refractivity contribution in [1.82, 2.24) is 10.2 Å². The molecule has 0 spiro atoms. The van der Waals surface area contributed by atoms with Crippen LogP contribution in [0.4, 0.5) is 8.78 Å². The molecule has 0 bridgehead atoms. The quantitative estimate of drug-likeness (QED) is 0.783. The van der Waals surface area contributed by atoms with Gasteiger partial charge in [0.15, 0.2) is 5.78 Å². The van der Waals surface area contributed by atoms with Crippen molar-refractivity contribution >= 4 is 11.7 Å². The molecular weight excluding hydrogens is 278 g/mol. The van der Waals surface area contributed by atoms with E-state index in [1.807, 2.05) is 13.8 Å². The smallest absolute Gasteiger partial charge is 0.234 e. The van der Waals surface area contributed by atoms with E-state index in [1.165, 1.54) is 11.0 Å². The van der Waals surface area contributed by atoms with E-state index in [-0.39, 0.29) is 25.0 Å². The molecule has 0 aliphatic rings. The number of carbonyl (C=O) groups is 2. The lowest BCUT2D eigenvalue weighted by atomic mass is 10.1. The van der Waals surface area contributed by atoms with Gasteiger partial charge in [0.1, 0.15) is 11.6 Å². The van der Waals surface area contributed by atoms with Crippen LogP contribution in [-0.2, 0) is 4.79 Å². The number of ketones is 1. The number of rotatable bonds is 7. The van der Waals surface area contributed by atoms with Crippen LogP contribution in [0.3, 0.4) is 0 Å². The minimum Gasteiger partial charge on any atom is -0.353 e. The van der Waals surface area contributed by atoms with Gasteiger partial charge in [0.2, 0.25) is 5.91 Å². The first kappa shape index (κ1) is 17.2. The average molecular weight is 298 g/mol. The van der Waals surface area contributed by atoms with Gasteiger partial charge in [-0.2, -0.15) is 0 Å². The molecule has 1 rings (SSSR count). The van der Waals surface area contributed by atoms with Gasteiger partial charge in [0.25, 0.3) is 0 Å². The maximum Gasteiger partial charge on any atom is 0.234 e. The Balaban J connectivity index is 2.73. The zero-order valence-corrected chi connectivity index (χ0v) is 12.5. The van der Waals surface area contributed by atoms with Crippen molar-refractivity contribution in [2.45, 2.75) is 26.8 Å². The van der Waals surface area contributed by atoms with Crippen molar-refractivity contribution in [3.63, 3.8) is 0 Å². The summed E-state index contributed by atoms with van der Waals surface area (Å²) >= 11 is 0. The summed E-state index contributed by atoms with van der Waals surface area (Å²) in [5.74, 6) is -2.68. The molecule has 0 saturated heterocycles. The number of amides is 1. The Morgan fingerprint density at radius 2 is 1.76 bits per heavy atom. The van der Waals surface area contributed by atoms with Crippen LogP contribution < -0.4 is 5.32 Å². The summed E-state index contributed by atoms with van der Waals surface area (Å²) in [7, 11) is 0. The monoisotopic (exact) mass is 298 g/mol. The van der Waals surface area contributed by atoms with Gasteiger partial charge in [-0.15, -0.1) is 0 Å². The largest absolute Gasteiger partial charge is 0.353 e. The summed E-state index contributed by atoms with van der Waals surface area (Å²) in [6, 6.07) is 3.28. The highest BCUT2D eigenvalue weighted by Gasteiger charge is 2.20. The molecule has 0 aliphatic carbocycles. The van der Waals surface area contributed by atoms with Gasteiger partial charge in [-0.3, -0.25) is 14.5 Å². The fraction of sp³-hybridized carbons (Fsp3) is 0.467. The van der Waals surface area contributed by atoms with Gasteiger partial charge >= 0.3 is 0 Å². The molecule has 1 N–H and O–H groups in total. The van der Waals surface area contributed by atoms with Crippen LogP contribution in [0.1, 0.15) is 31.1 Å². The lowest BCUT2D eigenvalue weighted by molar-refractivity contribution is -0.122. The Morgan fingerprint density at radius 3 is 2.24 bits per heavy atom. The van der Waals surface area contributed by atoms with Crippen LogP contribution in [0, 0.1) is 11.6 Å². The number of benzene rings is 1. The highest BCUT2D eigenvalue weighted by molar-refractivity contribution is 5.98. The van der Waals surface area contributed by atoms with E-state index in [2.05, 4.69) is 5.32 Å². The Labute approximate surface area is 123 Å². The van der Waals surface area contributed by atoms with Crippen LogP contribution in [0.2, 0.25) is 0 Å². The molecule has 0 heterocycles. The van der Waals surface area contributed by atoms with Crippen molar-refractivity contribution in [2.75, 3.05) is 19.6 Å². The van der Waals surface area contributed by atoms with E-state index in [9.17, 15) is 18.4 Å². The molecule has 0 radical (unpaired) electrons. The molecule has 4 nitrogen and oxygen atoms in total. The third kappa shape index (κ3) is 5.23. The maximum atomic E-state index is 13.5. The van der Waals surface area contributed by atoms with E-state index in [0.717, 1.165) is 12.1 Å². The molecular formula is C15H20F2N2O2. The van der Waals surface area contributed by atoms with E-state index in [0.29, 0.717) is 6.54 Å². The number of nitrogens with one attached hydrogen (secondary N) is 1. The Bertz CT molecular complexity index is 498. The number of hydrogen-bond donors (Lipinski definition) is 1. The summed E-state index contributed by atoms with van der Waals surface area (Å²) in [4.78, 5) is 25.2. The molecule has 0 fully saturated rings. The van der Waals surface area contributed by atoms with E-state index in [4.69, 9.17) is 0 Å².